The van der Waals surface area contributed by atoms with Gasteiger partial charge in [0.1, 0.15) is 24.4 Å². The summed E-state index contributed by atoms with van der Waals surface area (Å²) >= 11 is 0. The van der Waals surface area contributed by atoms with Crippen molar-refractivity contribution in [3.63, 3.8) is 0 Å². The van der Waals surface area contributed by atoms with Crippen molar-refractivity contribution < 1.29 is 15.2 Å². The number of aliphatic hydroxyl groups is 1. The lowest BCUT2D eigenvalue weighted by Gasteiger charge is -2.28. The summed E-state index contributed by atoms with van der Waals surface area (Å²) < 4.78 is 5.50. The maximum atomic E-state index is 12.0. The predicted molar refractivity (Wildman–Crippen MR) is 160 cm³/mol. The Morgan fingerprint density at radius 1 is 0.949 bits per heavy atom. The van der Waals surface area contributed by atoms with Crippen LogP contribution in [-0.4, -0.2) is 28.2 Å². The molecule has 4 atom stereocenters. The van der Waals surface area contributed by atoms with Gasteiger partial charge in [-0.2, -0.15) is 0 Å². The molecular formula is C34H38N3O2+. The molecule has 4 unspecified atom stereocenters. The average molecular weight is 521 g/mol. The van der Waals surface area contributed by atoms with Crippen LogP contribution in [0.3, 0.4) is 0 Å². The molecule has 3 N–H and O–H groups in total. The Balaban J connectivity index is 1.56. The van der Waals surface area contributed by atoms with Crippen LogP contribution < -0.4 is 10.1 Å². The van der Waals surface area contributed by atoms with Gasteiger partial charge in [-0.25, -0.2) is 4.98 Å². The van der Waals surface area contributed by atoms with Crippen molar-refractivity contribution in [2.75, 3.05) is 7.11 Å². The fraction of sp³-hybridized carbons (Fsp3) is 0.294. The first-order valence-electron chi connectivity index (χ1n) is 13.9. The quantitative estimate of drug-likeness (QED) is 0.157. The molecule has 0 amide bonds. The Kier molecular flexibility index (Phi) is 8.20. The van der Waals surface area contributed by atoms with Gasteiger partial charge in [0.2, 0.25) is 0 Å². The van der Waals surface area contributed by atoms with Gasteiger partial charge in [-0.1, -0.05) is 62.7 Å². The third-order valence-corrected chi connectivity index (χ3v) is 8.25. The van der Waals surface area contributed by atoms with E-state index in [0.29, 0.717) is 11.8 Å². The van der Waals surface area contributed by atoms with E-state index in [9.17, 15) is 5.11 Å². The highest BCUT2D eigenvalue weighted by atomic mass is 16.5. The highest BCUT2D eigenvalue weighted by Gasteiger charge is 2.30. The van der Waals surface area contributed by atoms with Crippen molar-refractivity contribution in [1.82, 2.24) is 9.97 Å². The summed E-state index contributed by atoms with van der Waals surface area (Å²) in [6, 6.07) is 24.4. The highest BCUT2D eigenvalue weighted by molar-refractivity contribution is 5.97. The zero-order chi connectivity index (χ0) is 27.4. The van der Waals surface area contributed by atoms with Crippen molar-refractivity contribution in [3.05, 3.63) is 103 Å². The van der Waals surface area contributed by atoms with Crippen LogP contribution in [0.15, 0.2) is 91.6 Å². The third-order valence-electron chi connectivity index (χ3n) is 8.25. The number of aromatic nitrogens is 2. The summed E-state index contributed by atoms with van der Waals surface area (Å²) in [6.45, 7) is 9.24. The molecule has 0 fully saturated rings. The topological polar surface area (TPSA) is 71.9 Å². The molecule has 200 valence electrons. The van der Waals surface area contributed by atoms with E-state index in [2.05, 4.69) is 67.1 Å². The van der Waals surface area contributed by atoms with Crippen LogP contribution in [0.2, 0.25) is 0 Å². The molecule has 5 heteroatoms. The molecule has 3 aromatic carbocycles. The van der Waals surface area contributed by atoms with Crippen molar-refractivity contribution in [2.45, 2.75) is 45.4 Å². The number of ether oxygens (including phenoxy) is 1. The lowest BCUT2D eigenvalue weighted by Crippen LogP contribution is -2.90. The van der Waals surface area contributed by atoms with E-state index in [-0.39, 0.29) is 6.04 Å². The number of fused-ring (bicyclic) bond motifs is 3. The molecule has 5 rings (SSSR count). The Morgan fingerprint density at radius 2 is 1.64 bits per heavy atom. The third kappa shape index (κ3) is 5.51. The number of allylic oxidation sites excluding steroid dienone is 1. The normalized spacial score (nSPS) is 14.8. The predicted octanol–water partition coefficient (Wildman–Crippen LogP) is 6.35. The number of benzene rings is 3. The Bertz CT molecular complexity index is 1540. The minimum absolute atomic E-state index is 0.0696. The van der Waals surface area contributed by atoms with Crippen LogP contribution in [0.4, 0.5) is 0 Å². The highest BCUT2D eigenvalue weighted by Crippen LogP contribution is 2.32. The first-order valence-corrected chi connectivity index (χ1v) is 13.9. The van der Waals surface area contributed by atoms with Crippen LogP contribution in [-0.2, 0) is 6.54 Å². The SMILES string of the molecule is C=CC(C)C(CC)CC([NH2+]Cc1c2ccccc2nc2ccccc12)C(O)c1ccnc2ccc(OC)cc12. The van der Waals surface area contributed by atoms with E-state index in [1.165, 1.54) is 5.56 Å². The minimum atomic E-state index is -0.687. The van der Waals surface area contributed by atoms with Crippen LogP contribution >= 0.6 is 0 Å². The molecule has 5 nitrogen and oxygen atoms in total. The Morgan fingerprint density at radius 3 is 2.28 bits per heavy atom. The van der Waals surface area contributed by atoms with Gasteiger partial charge in [-0.05, 0) is 53.8 Å². The number of nitrogens with two attached hydrogens (primary N) is 1. The van der Waals surface area contributed by atoms with E-state index < -0.39 is 6.10 Å². The number of methoxy groups -OCH3 is 1. The first kappa shape index (κ1) is 26.8. The molecule has 0 aliphatic heterocycles. The lowest BCUT2D eigenvalue weighted by atomic mass is 9.83. The van der Waals surface area contributed by atoms with E-state index in [0.717, 1.165) is 63.4 Å². The first-order chi connectivity index (χ1) is 19.0. The number of rotatable bonds is 11. The summed E-state index contributed by atoms with van der Waals surface area (Å²) in [4.78, 5) is 9.44. The van der Waals surface area contributed by atoms with Gasteiger partial charge in [-0.15, -0.1) is 6.58 Å². The maximum absolute atomic E-state index is 12.0. The molecule has 2 aromatic heterocycles. The van der Waals surface area contributed by atoms with Crippen LogP contribution in [0.1, 0.15) is 43.9 Å². The number of pyridine rings is 2. The Labute approximate surface area is 230 Å². The molecule has 0 radical (unpaired) electrons. The molecule has 0 bridgehead atoms. The van der Waals surface area contributed by atoms with Crippen LogP contribution in [0.5, 0.6) is 5.75 Å². The monoisotopic (exact) mass is 520 g/mol. The molecule has 2 heterocycles. The van der Waals surface area contributed by atoms with E-state index >= 15 is 0 Å². The second kappa shape index (κ2) is 11.9. The molecular weight excluding hydrogens is 482 g/mol. The fourth-order valence-corrected chi connectivity index (χ4v) is 5.83. The zero-order valence-corrected chi connectivity index (χ0v) is 23.0. The van der Waals surface area contributed by atoms with E-state index in [1.54, 1.807) is 13.3 Å². The molecule has 39 heavy (non-hydrogen) atoms. The van der Waals surface area contributed by atoms with Gasteiger partial charge < -0.3 is 15.2 Å². The minimum Gasteiger partial charge on any atom is -0.497 e. The number of hydrogen-bond donors (Lipinski definition) is 2. The fourth-order valence-electron chi connectivity index (χ4n) is 5.83. The lowest BCUT2D eigenvalue weighted by molar-refractivity contribution is -0.713. The molecule has 0 saturated heterocycles. The molecule has 0 spiro atoms. The maximum Gasteiger partial charge on any atom is 0.131 e. The van der Waals surface area contributed by atoms with Crippen molar-refractivity contribution in [2.24, 2.45) is 11.8 Å². The van der Waals surface area contributed by atoms with Crippen molar-refractivity contribution >= 4 is 32.7 Å². The summed E-state index contributed by atoms with van der Waals surface area (Å²) in [5.41, 5.74) is 4.97. The molecule has 0 saturated carbocycles. The second-order valence-corrected chi connectivity index (χ2v) is 10.5. The molecule has 0 aliphatic rings. The van der Waals surface area contributed by atoms with Crippen LogP contribution in [0.25, 0.3) is 32.7 Å². The van der Waals surface area contributed by atoms with Gasteiger partial charge >= 0.3 is 0 Å². The van der Waals surface area contributed by atoms with Crippen LogP contribution in [0, 0.1) is 11.8 Å². The average Bonchev–Trinajstić information content (AvgIpc) is 2.99. The van der Waals surface area contributed by atoms with Gasteiger partial charge in [0.05, 0.1) is 23.7 Å². The standard InChI is InChI=1S/C34H37N3O2/c1-5-22(3)23(6-2)19-33(34(38)27-17-18-35-30-16-15-24(39-4)20-28(27)30)36-21-29-25-11-7-9-13-31(25)37-32-14-10-8-12-26(29)32/h5,7-18,20,22-23,33-34,36,38H,1,6,19,21H2,2-4H3/p+1. The zero-order valence-electron chi connectivity index (χ0n) is 23.0. The van der Waals surface area contributed by atoms with Gasteiger partial charge in [0.15, 0.2) is 0 Å². The largest absolute Gasteiger partial charge is 0.497 e. The summed E-state index contributed by atoms with van der Waals surface area (Å²) in [6.07, 6.45) is 5.02. The van der Waals surface area contributed by atoms with Crippen molar-refractivity contribution in [1.29, 1.82) is 0 Å². The smallest absolute Gasteiger partial charge is 0.131 e. The molecule has 0 aliphatic carbocycles. The number of para-hydroxylation sites is 2. The summed E-state index contributed by atoms with van der Waals surface area (Å²) in [5, 5.41) is 17.6. The number of quaternary nitrogens is 1. The Hall–Kier alpha value is -3.80. The van der Waals surface area contributed by atoms with E-state index in [1.807, 2.05) is 42.5 Å². The number of aliphatic hydroxyl groups excluding tert-OH is 1. The van der Waals surface area contributed by atoms with E-state index in [4.69, 9.17) is 9.72 Å². The van der Waals surface area contributed by atoms with Gasteiger partial charge in [-0.3, -0.25) is 4.98 Å². The molecule has 5 aromatic rings. The van der Waals surface area contributed by atoms with Gasteiger partial charge in [0.25, 0.3) is 0 Å². The summed E-state index contributed by atoms with van der Waals surface area (Å²) in [5.74, 6) is 1.52. The number of nitrogens with zero attached hydrogens (tertiary/aromatic N) is 2. The second-order valence-electron chi connectivity index (χ2n) is 10.5. The number of hydrogen-bond acceptors (Lipinski definition) is 4. The van der Waals surface area contributed by atoms with Gasteiger partial charge in [0, 0.05) is 34.3 Å². The van der Waals surface area contributed by atoms with Crippen molar-refractivity contribution in [3.8, 4) is 5.75 Å². The summed E-state index contributed by atoms with van der Waals surface area (Å²) in [7, 11) is 1.66.